The smallest absolute Gasteiger partial charge is 0.393 e. The Morgan fingerprint density at radius 3 is 2.49 bits per heavy atom. The van der Waals surface area contributed by atoms with E-state index in [0.717, 1.165) is 28.0 Å². The van der Waals surface area contributed by atoms with E-state index in [-0.39, 0.29) is 29.4 Å². The molecule has 0 radical (unpaired) electrons. The molecule has 3 heterocycles. The first-order valence-corrected chi connectivity index (χ1v) is 13.6. The van der Waals surface area contributed by atoms with E-state index in [1.165, 1.54) is 12.4 Å². The summed E-state index contributed by atoms with van der Waals surface area (Å²) in [5.74, 6) is 1.52. The number of benzene rings is 1. The maximum atomic E-state index is 12.9. The molecular weight excluding hydrogens is 579 g/mol. The van der Waals surface area contributed by atoms with Gasteiger partial charge in [0.05, 0.1) is 38.2 Å². The summed E-state index contributed by atoms with van der Waals surface area (Å²) in [5, 5.41) is 15.0. The number of aliphatic hydroxyl groups excluding tert-OH is 1. The molecule has 0 saturated heterocycles. The van der Waals surface area contributed by atoms with Crippen LogP contribution in [0, 0.1) is 0 Å². The number of hydrogen-bond donors (Lipinski definition) is 2. The van der Waals surface area contributed by atoms with E-state index in [4.69, 9.17) is 9.47 Å². The SMILES string of the molecule is COc1cc(-c2ccc(CN[C@H]3C[C@@H](O)[C@@H](N(C)c4ncnc5sc(CC(F)(F)F)cc45)C3)cc2)cnc1OC.Cl. The van der Waals surface area contributed by atoms with Crippen molar-refractivity contribution in [2.75, 3.05) is 26.2 Å². The van der Waals surface area contributed by atoms with Gasteiger partial charge in [-0.1, -0.05) is 24.3 Å². The number of ether oxygens (including phenoxy) is 2. The summed E-state index contributed by atoms with van der Waals surface area (Å²) in [5.41, 5.74) is 3.01. The number of aromatic nitrogens is 3. The molecule has 1 aliphatic carbocycles. The summed E-state index contributed by atoms with van der Waals surface area (Å²) < 4.78 is 49.3. The van der Waals surface area contributed by atoms with Crippen molar-refractivity contribution in [2.45, 2.75) is 50.2 Å². The Balaban J connectivity index is 0.00000387. The Kier molecular flexibility index (Phi) is 9.58. The highest BCUT2D eigenvalue weighted by molar-refractivity contribution is 7.18. The zero-order valence-electron chi connectivity index (χ0n) is 22.7. The molecule has 220 valence electrons. The highest BCUT2D eigenvalue weighted by Crippen LogP contribution is 2.36. The maximum absolute atomic E-state index is 12.9. The van der Waals surface area contributed by atoms with Crippen molar-refractivity contribution in [1.29, 1.82) is 0 Å². The molecule has 0 unspecified atom stereocenters. The number of hydrogen-bond acceptors (Lipinski definition) is 9. The van der Waals surface area contributed by atoms with E-state index in [1.54, 1.807) is 20.4 Å². The van der Waals surface area contributed by atoms with Crippen molar-refractivity contribution >= 4 is 39.8 Å². The maximum Gasteiger partial charge on any atom is 0.393 e. The van der Waals surface area contributed by atoms with Crippen LogP contribution in [0.25, 0.3) is 21.3 Å². The van der Waals surface area contributed by atoms with Crippen molar-refractivity contribution in [1.82, 2.24) is 20.3 Å². The highest BCUT2D eigenvalue weighted by Gasteiger charge is 2.37. The molecular formula is C28H31ClF3N5O3S. The summed E-state index contributed by atoms with van der Waals surface area (Å²) in [6, 6.07) is 11.4. The minimum atomic E-state index is -4.29. The van der Waals surface area contributed by atoms with Crippen LogP contribution in [0.15, 0.2) is 48.9 Å². The molecule has 5 rings (SSSR count). The van der Waals surface area contributed by atoms with Crippen molar-refractivity contribution in [3.05, 3.63) is 59.4 Å². The number of thiophene rings is 1. The van der Waals surface area contributed by atoms with Gasteiger partial charge >= 0.3 is 6.18 Å². The zero-order chi connectivity index (χ0) is 28.4. The largest absolute Gasteiger partial charge is 0.491 e. The number of methoxy groups -OCH3 is 2. The lowest BCUT2D eigenvalue weighted by Gasteiger charge is -2.28. The second-order valence-corrected chi connectivity index (χ2v) is 11.0. The molecule has 1 aromatic carbocycles. The van der Waals surface area contributed by atoms with Gasteiger partial charge in [0.2, 0.25) is 0 Å². The molecule has 0 amide bonds. The van der Waals surface area contributed by atoms with Gasteiger partial charge in [0, 0.05) is 36.3 Å². The molecule has 0 bridgehead atoms. The summed E-state index contributed by atoms with van der Waals surface area (Å²) in [6.45, 7) is 0.626. The van der Waals surface area contributed by atoms with E-state index >= 15 is 0 Å². The van der Waals surface area contributed by atoms with Gasteiger partial charge in [-0.15, -0.1) is 23.7 Å². The van der Waals surface area contributed by atoms with Crippen LogP contribution in [-0.2, 0) is 13.0 Å². The lowest BCUT2D eigenvalue weighted by molar-refractivity contribution is -0.126. The number of nitrogens with one attached hydrogen (secondary N) is 1. The lowest BCUT2D eigenvalue weighted by Crippen LogP contribution is -2.38. The molecule has 3 atom stereocenters. The molecule has 0 spiro atoms. The minimum Gasteiger partial charge on any atom is -0.491 e. The van der Waals surface area contributed by atoms with Crippen LogP contribution in [0.2, 0.25) is 0 Å². The first kappa shape index (κ1) is 30.8. The third-order valence-corrected chi connectivity index (χ3v) is 8.22. The van der Waals surface area contributed by atoms with Crippen LogP contribution in [0.1, 0.15) is 23.3 Å². The number of aliphatic hydroxyl groups is 1. The van der Waals surface area contributed by atoms with E-state index < -0.39 is 18.7 Å². The van der Waals surface area contributed by atoms with E-state index in [2.05, 4.69) is 20.3 Å². The van der Waals surface area contributed by atoms with Crippen LogP contribution in [0.3, 0.4) is 0 Å². The Hall–Kier alpha value is -3.19. The van der Waals surface area contributed by atoms with Gasteiger partial charge in [-0.25, -0.2) is 15.0 Å². The molecule has 3 aromatic heterocycles. The zero-order valence-corrected chi connectivity index (χ0v) is 24.3. The molecule has 1 saturated carbocycles. The summed E-state index contributed by atoms with van der Waals surface area (Å²) in [6.07, 6.45) is -1.58. The van der Waals surface area contributed by atoms with E-state index in [0.29, 0.717) is 47.1 Å². The van der Waals surface area contributed by atoms with Gasteiger partial charge in [0.15, 0.2) is 5.75 Å². The standard InChI is InChI=1S/C28H30F3N5O3S.ClH/c1-36(25-21-11-20(12-28(29,30)31)40-27(21)35-15-34-25)22-9-19(10-23(22)37)32-13-16-4-6-17(7-5-16)18-8-24(38-2)26(39-3)33-14-18;/h4-8,11,14-15,19,22-23,32,37H,9-10,12-13H2,1-3H3;1H/t19-,22+,23-;/m1./s1. The first-order chi connectivity index (χ1) is 19.1. The van der Waals surface area contributed by atoms with Crippen LogP contribution in [0.4, 0.5) is 19.0 Å². The molecule has 1 aliphatic rings. The van der Waals surface area contributed by atoms with Gasteiger partial charge in [-0.2, -0.15) is 13.2 Å². The van der Waals surface area contributed by atoms with Gasteiger partial charge < -0.3 is 24.8 Å². The van der Waals surface area contributed by atoms with Gasteiger partial charge in [0.25, 0.3) is 5.88 Å². The van der Waals surface area contributed by atoms with Gasteiger partial charge in [-0.3, -0.25) is 0 Å². The monoisotopic (exact) mass is 609 g/mol. The molecule has 4 aromatic rings. The second-order valence-electron chi connectivity index (χ2n) is 9.85. The average molecular weight is 610 g/mol. The van der Waals surface area contributed by atoms with Crippen molar-refractivity contribution in [2.24, 2.45) is 0 Å². The second kappa shape index (κ2) is 12.8. The molecule has 1 fully saturated rings. The molecule has 13 heteroatoms. The van der Waals surface area contributed by atoms with Crippen LogP contribution < -0.4 is 19.7 Å². The minimum absolute atomic E-state index is 0. The number of rotatable bonds is 9. The number of nitrogens with zero attached hydrogens (tertiary/aromatic N) is 4. The quantitative estimate of drug-likeness (QED) is 0.260. The fourth-order valence-electron chi connectivity index (χ4n) is 5.16. The van der Waals surface area contributed by atoms with Gasteiger partial charge in [-0.05, 0) is 36.1 Å². The van der Waals surface area contributed by atoms with Crippen LogP contribution in [0.5, 0.6) is 11.6 Å². The summed E-state index contributed by atoms with van der Waals surface area (Å²) >= 11 is 1.02. The molecule has 0 aliphatic heterocycles. The Morgan fingerprint density at radius 1 is 1.05 bits per heavy atom. The highest BCUT2D eigenvalue weighted by atomic mass is 35.5. The predicted octanol–water partition coefficient (Wildman–Crippen LogP) is 5.42. The van der Waals surface area contributed by atoms with Crippen LogP contribution in [-0.4, -0.2) is 65.7 Å². The van der Waals surface area contributed by atoms with Crippen molar-refractivity contribution in [3.8, 4) is 22.8 Å². The Morgan fingerprint density at radius 2 is 1.80 bits per heavy atom. The number of pyridine rings is 1. The molecule has 2 N–H and O–H groups in total. The third-order valence-electron chi connectivity index (χ3n) is 7.18. The lowest BCUT2D eigenvalue weighted by atomic mass is 10.1. The number of halogens is 4. The summed E-state index contributed by atoms with van der Waals surface area (Å²) in [7, 11) is 4.94. The third kappa shape index (κ3) is 7.00. The molecule has 8 nitrogen and oxygen atoms in total. The van der Waals surface area contributed by atoms with Crippen molar-refractivity contribution in [3.63, 3.8) is 0 Å². The normalized spacial score (nSPS) is 18.8. The fraction of sp³-hybridized carbons (Fsp3) is 0.393. The van der Waals surface area contributed by atoms with Gasteiger partial charge in [0.1, 0.15) is 17.0 Å². The number of alkyl halides is 3. The Labute approximate surface area is 246 Å². The fourth-order valence-corrected chi connectivity index (χ4v) is 6.18. The topological polar surface area (TPSA) is 92.6 Å². The number of likely N-dealkylation sites (N-methyl/N-ethyl adjacent to an activating group) is 1. The predicted molar refractivity (Wildman–Crippen MR) is 155 cm³/mol. The van der Waals surface area contributed by atoms with E-state index in [9.17, 15) is 18.3 Å². The number of fused-ring (bicyclic) bond motifs is 1. The first-order valence-electron chi connectivity index (χ1n) is 12.8. The molecule has 41 heavy (non-hydrogen) atoms. The Bertz CT molecular complexity index is 1470. The summed E-state index contributed by atoms with van der Waals surface area (Å²) in [4.78, 5) is 15.4. The average Bonchev–Trinajstić information content (AvgIpc) is 3.52. The number of anilines is 1. The van der Waals surface area contributed by atoms with E-state index in [1.807, 2.05) is 42.3 Å². The van der Waals surface area contributed by atoms with Crippen LogP contribution >= 0.6 is 23.7 Å². The van der Waals surface area contributed by atoms with Crippen molar-refractivity contribution < 1.29 is 27.8 Å².